The number of alkyl halides is 6. The lowest BCUT2D eigenvalue weighted by Gasteiger charge is -2.29. The maximum absolute atomic E-state index is 13.9. The number of nitrogens with one attached hydrogen (secondary N) is 1. The lowest BCUT2D eigenvalue weighted by atomic mass is 9.81. The highest BCUT2D eigenvalue weighted by molar-refractivity contribution is 6.11. The molecule has 3 atom stereocenters. The molecule has 4 rings (SSSR count). The lowest BCUT2D eigenvalue weighted by Crippen LogP contribution is -2.49. The molecule has 1 heterocycles. The molecule has 43 heavy (non-hydrogen) atoms. The predicted molar refractivity (Wildman–Crippen MR) is 146 cm³/mol. The summed E-state index contributed by atoms with van der Waals surface area (Å²) in [5.74, 6) is -6.27. The van der Waals surface area contributed by atoms with Crippen molar-refractivity contribution in [3.63, 3.8) is 0 Å². The minimum Gasteiger partial charge on any atom is -0.369 e. The van der Waals surface area contributed by atoms with E-state index in [1.54, 1.807) is 31.2 Å². The number of carbonyl (C=O) groups is 3. The van der Waals surface area contributed by atoms with Crippen molar-refractivity contribution in [3.8, 4) is 0 Å². The molecule has 3 aromatic rings. The largest absolute Gasteiger partial charge is 0.416 e. The molecule has 3 amide bonds. The standard InChI is InChI=1S/C30H26F6N4O3/c1-17-7-5-10-19-16-38-26(28(43)40(24(17)19)21-12-6-11-20(15-21)30(34,35)36)39-27(42)22(13-14-29(31,32)33)23(25(37)41)18-8-3-2-4-9-18/h2-12,15-16,22-23,26H,13-14H2,1H3,(H2,37,41)(H,39,42)/t22-,23+,26?/m1/s1. The van der Waals surface area contributed by atoms with Gasteiger partial charge in [0.25, 0.3) is 5.91 Å². The molecule has 0 bridgehead atoms. The van der Waals surface area contributed by atoms with Gasteiger partial charge in [-0.25, -0.2) is 0 Å². The number of aliphatic imine (C=N–C) groups is 1. The van der Waals surface area contributed by atoms with Gasteiger partial charge in [0.15, 0.2) is 0 Å². The highest BCUT2D eigenvalue weighted by atomic mass is 19.4. The van der Waals surface area contributed by atoms with E-state index < -0.39 is 66.5 Å². The van der Waals surface area contributed by atoms with Crippen molar-refractivity contribution in [3.05, 3.63) is 95.1 Å². The normalized spacial score (nSPS) is 16.7. The number of primary amides is 1. The van der Waals surface area contributed by atoms with Crippen LogP contribution >= 0.6 is 0 Å². The first-order valence-electron chi connectivity index (χ1n) is 13.0. The smallest absolute Gasteiger partial charge is 0.369 e. The number of halogens is 6. The summed E-state index contributed by atoms with van der Waals surface area (Å²) in [6.07, 6.45) is -12.2. The number of hydrogen-bond donors (Lipinski definition) is 2. The Morgan fingerprint density at radius 2 is 1.65 bits per heavy atom. The van der Waals surface area contributed by atoms with E-state index in [0.717, 1.165) is 23.1 Å². The number of amides is 3. The summed E-state index contributed by atoms with van der Waals surface area (Å²) in [6.45, 7) is 1.63. The third-order valence-corrected chi connectivity index (χ3v) is 6.96. The van der Waals surface area contributed by atoms with E-state index in [9.17, 15) is 40.7 Å². The fourth-order valence-electron chi connectivity index (χ4n) is 4.98. The van der Waals surface area contributed by atoms with Crippen LogP contribution in [0.4, 0.5) is 37.7 Å². The van der Waals surface area contributed by atoms with Gasteiger partial charge in [0, 0.05) is 23.9 Å². The number of rotatable bonds is 8. The molecule has 0 aliphatic carbocycles. The first-order valence-corrected chi connectivity index (χ1v) is 13.0. The van der Waals surface area contributed by atoms with Crippen LogP contribution in [0.5, 0.6) is 0 Å². The molecule has 13 heteroatoms. The monoisotopic (exact) mass is 604 g/mol. The molecule has 1 aliphatic heterocycles. The number of benzodiazepines with no additional fused rings is 1. The molecule has 0 aromatic heterocycles. The van der Waals surface area contributed by atoms with Gasteiger partial charge in [-0.15, -0.1) is 0 Å². The fourth-order valence-corrected chi connectivity index (χ4v) is 4.98. The molecule has 3 N–H and O–H groups in total. The van der Waals surface area contributed by atoms with Crippen LogP contribution in [0.15, 0.2) is 77.8 Å². The van der Waals surface area contributed by atoms with Crippen molar-refractivity contribution in [2.45, 2.75) is 44.2 Å². The zero-order valence-electron chi connectivity index (χ0n) is 22.6. The molecule has 0 saturated heterocycles. The Morgan fingerprint density at radius 3 is 2.28 bits per heavy atom. The molecule has 3 aromatic carbocycles. The van der Waals surface area contributed by atoms with E-state index in [4.69, 9.17) is 5.73 Å². The summed E-state index contributed by atoms with van der Waals surface area (Å²) in [6, 6.07) is 16.4. The van der Waals surface area contributed by atoms with Crippen molar-refractivity contribution in [1.29, 1.82) is 0 Å². The minimum atomic E-state index is -4.73. The second-order valence-corrected chi connectivity index (χ2v) is 9.97. The molecule has 226 valence electrons. The van der Waals surface area contributed by atoms with Crippen molar-refractivity contribution in [2.75, 3.05) is 4.90 Å². The summed E-state index contributed by atoms with van der Waals surface area (Å²) < 4.78 is 80.4. The molecule has 0 radical (unpaired) electrons. The summed E-state index contributed by atoms with van der Waals surface area (Å²) in [5, 5.41) is 2.32. The Labute approximate surface area is 242 Å². The molecule has 0 saturated carbocycles. The molecule has 0 spiro atoms. The highest BCUT2D eigenvalue weighted by Gasteiger charge is 2.40. The molecular formula is C30H26F6N4O3. The number of fused-ring (bicyclic) bond motifs is 1. The van der Waals surface area contributed by atoms with Gasteiger partial charge in [0.1, 0.15) is 0 Å². The van der Waals surface area contributed by atoms with Crippen molar-refractivity contribution in [1.82, 2.24) is 5.32 Å². The molecule has 1 unspecified atom stereocenters. The predicted octanol–water partition coefficient (Wildman–Crippen LogP) is 5.78. The van der Waals surface area contributed by atoms with E-state index >= 15 is 0 Å². The van der Waals surface area contributed by atoms with Gasteiger partial charge >= 0.3 is 12.4 Å². The summed E-state index contributed by atoms with van der Waals surface area (Å²) in [4.78, 5) is 45.1. The van der Waals surface area contributed by atoms with Gasteiger partial charge in [-0.2, -0.15) is 26.3 Å². The summed E-state index contributed by atoms with van der Waals surface area (Å²) in [5.41, 5.74) is 5.60. The van der Waals surface area contributed by atoms with Crippen LogP contribution in [0.2, 0.25) is 0 Å². The van der Waals surface area contributed by atoms with E-state index in [0.29, 0.717) is 11.1 Å². The van der Waals surface area contributed by atoms with Gasteiger partial charge < -0.3 is 11.1 Å². The number of aryl methyl sites for hydroxylation is 1. The van der Waals surface area contributed by atoms with Crippen LogP contribution in [-0.2, 0) is 20.6 Å². The number of nitrogens with zero attached hydrogens (tertiary/aromatic N) is 2. The average molecular weight is 605 g/mol. The molecule has 0 fully saturated rings. The third-order valence-electron chi connectivity index (χ3n) is 6.96. The zero-order valence-corrected chi connectivity index (χ0v) is 22.6. The second kappa shape index (κ2) is 12.3. The summed E-state index contributed by atoms with van der Waals surface area (Å²) in [7, 11) is 0. The number of carbonyl (C=O) groups excluding carboxylic acids is 3. The van der Waals surface area contributed by atoms with Crippen LogP contribution in [0.3, 0.4) is 0 Å². The quantitative estimate of drug-likeness (QED) is 0.319. The van der Waals surface area contributed by atoms with Crippen LogP contribution in [-0.4, -0.2) is 36.3 Å². The maximum Gasteiger partial charge on any atom is 0.416 e. The van der Waals surface area contributed by atoms with Crippen molar-refractivity contribution in [2.24, 2.45) is 16.6 Å². The SMILES string of the molecule is Cc1cccc2c1N(c1cccc(C(F)(F)F)c1)C(=O)C(NC(=O)[C@H](CCC(F)(F)F)[C@@H](C(N)=O)c1ccccc1)N=C2. The molecule has 7 nitrogen and oxygen atoms in total. The second-order valence-electron chi connectivity index (χ2n) is 9.97. The van der Waals surface area contributed by atoms with E-state index in [1.807, 2.05) is 0 Å². The maximum atomic E-state index is 13.9. The lowest BCUT2D eigenvalue weighted by molar-refractivity contribution is -0.144. The van der Waals surface area contributed by atoms with E-state index in [1.165, 1.54) is 36.5 Å². The van der Waals surface area contributed by atoms with Crippen molar-refractivity contribution >= 4 is 35.3 Å². The van der Waals surface area contributed by atoms with Gasteiger partial charge in [-0.3, -0.25) is 24.3 Å². The van der Waals surface area contributed by atoms with Gasteiger partial charge in [0.05, 0.1) is 23.1 Å². The van der Waals surface area contributed by atoms with Gasteiger partial charge in [0.2, 0.25) is 18.0 Å². The zero-order chi connectivity index (χ0) is 31.5. The minimum absolute atomic E-state index is 0.173. The summed E-state index contributed by atoms with van der Waals surface area (Å²) >= 11 is 0. The molecular weight excluding hydrogens is 578 g/mol. The first-order chi connectivity index (χ1) is 20.2. The topological polar surface area (TPSA) is 105 Å². The Balaban J connectivity index is 1.75. The van der Waals surface area contributed by atoms with E-state index in [-0.39, 0.29) is 16.9 Å². The number of hydrogen-bond acceptors (Lipinski definition) is 4. The fraction of sp³-hybridized carbons (Fsp3) is 0.267. The van der Waals surface area contributed by atoms with E-state index in [2.05, 4.69) is 10.3 Å². The Kier molecular flexibility index (Phi) is 8.93. The third kappa shape index (κ3) is 7.22. The Morgan fingerprint density at radius 1 is 0.977 bits per heavy atom. The first kappa shape index (κ1) is 31.3. The number of benzene rings is 3. The van der Waals surface area contributed by atoms with Gasteiger partial charge in [-0.1, -0.05) is 54.6 Å². The molecule has 1 aliphatic rings. The van der Waals surface area contributed by atoms with Crippen LogP contribution < -0.4 is 16.0 Å². The van der Waals surface area contributed by atoms with Crippen LogP contribution in [0.1, 0.15) is 41.0 Å². The van der Waals surface area contributed by atoms with Crippen LogP contribution in [0, 0.1) is 12.8 Å². The number of anilines is 2. The van der Waals surface area contributed by atoms with Crippen LogP contribution in [0.25, 0.3) is 0 Å². The highest BCUT2D eigenvalue weighted by Crippen LogP contribution is 2.38. The Hall–Kier alpha value is -4.68. The Bertz CT molecular complexity index is 1540. The van der Waals surface area contributed by atoms with Crippen molar-refractivity contribution < 1.29 is 40.7 Å². The number of para-hydroxylation sites is 1. The average Bonchev–Trinajstić information content (AvgIpc) is 3.07. The number of nitrogens with two attached hydrogens (primary N) is 1. The van der Waals surface area contributed by atoms with Gasteiger partial charge in [-0.05, 0) is 42.7 Å².